The van der Waals surface area contributed by atoms with E-state index in [9.17, 15) is 0 Å². The van der Waals surface area contributed by atoms with Crippen LogP contribution in [0.25, 0.3) is 0 Å². The largest absolute Gasteiger partial charge is 0.384 e. The van der Waals surface area contributed by atoms with Gasteiger partial charge in [0.25, 0.3) is 0 Å². The third-order valence-corrected chi connectivity index (χ3v) is 4.50. The molecule has 1 heterocycles. The average Bonchev–Trinajstić information content (AvgIpc) is 2.85. The first-order chi connectivity index (χ1) is 9.73. The number of nitrogens with zero attached hydrogens (tertiary/aromatic N) is 3. The number of nitrogens with two attached hydrogens (primary N) is 1. The first-order valence-electron chi connectivity index (χ1n) is 7.79. The Bertz CT molecular complexity index is 484. The van der Waals surface area contributed by atoms with E-state index in [1.165, 1.54) is 25.7 Å². The van der Waals surface area contributed by atoms with Crippen LogP contribution < -0.4 is 11.1 Å². The van der Waals surface area contributed by atoms with E-state index in [0.717, 1.165) is 18.2 Å². The van der Waals surface area contributed by atoms with E-state index in [0.29, 0.717) is 5.82 Å². The Hall–Kier alpha value is -1.36. The predicted molar refractivity (Wildman–Crippen MR) is 88.5 cm³/mol. The lowest BCUT2D eigenvalue weighted by atomic mass is 9.95. The highest BCUT2D eigenvalue weighted by Crippen LogP contribution is 2.34. The number of nitrogen functional groups attached to an aromatic ring is 1. The van der Waals surface area contributed by atoms with Crippen molar-refractivity contribution in [3.05, 3.63) is 11.9 Å². The molecule has 0 aromatic carbocycles. The lowest BCUT2D eigenvalue weighted by Gasteiger charge is -2.36. The molecule has 1 fully saturated rings. The minimum Gasteiger partial charge on any atom is -0.384 e. The van der Waals surface area contributed by atoms with E-state index >= 15 is 0 Å². The number of rotatable bonds is 4. The van der Waals surface area contributed by atoms with Gasteiger partial charge in [0.1, 0.15) is 17.5 Å². The van der Waals surface area contributed by atoms with Gasteiger partial charge in [0, 0.05) is 23.6 Å². The van der Waals surface area contributed by atoms with Gasteiger partial charge in [0.15, 0.2) is 0 Å². The first-order valence-corrected chi connectivity index (χ1v) is 7.79. The Kier molecular flexibility index (Phi) is 4.42. The molecule has 0 unspecified atom stereocenters. The quantitative estimate of drug-likeness (QED) is 0.892. The van der Waals surface area contributed by atoms with Crippen molar-refractivity contribution in [1.29, 1.82) is 0 Å². The minimum atomic E-state index is -0.0988. The molecule has 3 N–H and O–H groups in total. The van der Waals surface area contributed by atoms with Crippen LogP contribution in [0.4, 0.5) is 11.6 Å². The summed E-state index contributed by atoms with van der Waals surface area (Å²) in [5, 5.41) is 3.49. The summed E-state index contributed by atoms with van der Waals surface area (Å²) in [6.45, 7) is 7.21. The van der Waals surface area contributed by atoms with Gasteiger partial charge in [-0.05, 0) is 26.9 Å². The highest BCUT2D eigenvalue weighted by Gasteiger charge is 2.35. The number of hydrogen-bond acceptors (Lipinski definition) is 5. The van der Waals surface area contributed by atoms with Gasteiger partial charge in [-0.3, -0.25) is 0 Å². The van der Waals surface area contributed by atoms with E-state index in [1.807, 2.05) is 6.07 Å². The van der Waals surface area contributed by atoms with E-state index in [-0.39, 0.29) is 11.0 Å². The maximum absolute atomic E-state index is 5.93. The fraction of sp³-hybridized carbons (Fsp3) is 0.750. The fourth-order valence-corrected chi connectivity index (χ4v) is 2.96. The summed E-state index contributed by atoms with van der Waals surface area (Å²) in [7, 11) is 4.34. The Morgan fingerprint density at radius 1 is 1.24 bits per heavy atom. The number of aromatic nitrogens is 2. The zero-order valence-electron chi connectivity index (χ0n) is 14.0. The van der Waals surface area contributed by atoms with Gasteiger partial charge in [0.05, 0.1) is 0 Å². The van der Waals surface area contributed by atoms with Crippen molar-refractivity contribution in [3.8, 4) is 0 Å². The molecular weight excluding hydrogens is 262 g/mol. The molecule has 1 aromatic rings. The van der Waals surface area contributed by atoms with Gasteiger partial charge in [-0.2, -0.15) is 0 Å². The molecule has 0 atom stereocenters. The summed E-state index contributed by atoms with van der Waals surface area (Å²) in [6, 6.07) is 1.83. The third kappa shape index (κ3) is 3.64. The van der Waals surface area contributed by atoms with E-state index in [2.05, 4.69) is 55.1 Å². The second kappa shape index (κ2) is 5.79. The number of nitrogens with one attached hydrogen (secondary N) is 1. The number of likely N-dealkylation sites (N-methyl/N-ethyl adjacent to an activating group) is 1. The van der Waals surface area contributed by atoms with E-state index < -0.39 is 0 Å². The smallest absolute Gasteiger partial charge is 0.138 e. The van der Waals surface area contributed by atoms with Crippen LogP contribution in [-0.2, 0) is 5.41 Å². The van der Waals surface area contributed by atoms with Crippen molar-refractivity contribution < 1.29 is 0 Å². The van der Waals surface area contributed by atoms with Crippen molar-refractivity contribution in [2.45, 2.75) is 57.4 Å². The van der Waals surface area contributed by atoms with Gasteiger partial charge in [-0.1, -0.05) is 33.6 Å². The van der Waals surface area contributed by atoms with Crippen LogP contribution in [0.15, 0.2) is 6.07 Å². The highest BCUT2D eigenvalue weighted by atomic mass is 15.2. The topological polar surface area (TPSA) is 67.1 Å². The van der Waals surface area contributed by atoms with Crippen LogP contribution in [-0.4, -0.2) is 41.0 Å². The highest BCUT2D eigenvalue weighted by molar-refractivity contribution is 5.45. The Morgan fingerprint density at radius 3 is 2.38 bits per heavy atom. The lowest BCUT2D eigenvalue weighted by molar-refractivity contribution is 0.172. The summed E-state index contributed by atoms with van der Waals surface area (Å²) in [6.07, 6.45) is 5.08. The van der Waals surface area contributed by atoms with Crippen molar-refractivity contribution >= 4 is 11.6 Å². The standard InChI is InChI=1S/C16H29N5/c1-15(2,3)14-19-12(17)10-13(20-14)18-11-16(21(4)5)8-6-7-9-16/h10H,6-9,11H2,1-5H3,(H3,17,18,19,20). The molecule has 0 bridgehead atoms. The van der Waals surface area contributed by atoms with Gasteiger partial charge in [0.2, 0.25) is 0 Å². The fourth-order valence-electron chi connectivity index (χ4n) is 2.96. The molecule has 2 rings (SSSR count). The molecule has 5 nitrogen and oxygen atoms in total. The molecule has 0 spiro atoms. The monoisotopic (exact) mass is 291 g/mol. The summed E-state index contributed by atoms with van der Waals surface area (Å²) < 4.78 is 0. The van der Waals surface area contributed by atoms with Crippen LogP contribution in [0, 0.1) is 0 Å². The summed E-state index contributed by atoms with van der Waals surface area (Å²) in [5.41, 5.74) is 6.07. The van der Waals surface area contributed by atoms with Gasteiger partial charge in [-0.15, -0.1) is 0 Å². The van der Waals surface area contributed by atoms with Crippen LogP contribution in [0.1, 0.15) is 52.3 Å². The molecule has 0 radical (unpaired) electrons. The molecule has 1 aliphatic rings. The molecule has 118 valence electrons. The summed E-state index contributed by atoms with van der Waals surface area (Å²) in [5.74, 6) is 2.15. The van der Waals surface area contributed by atoms with Crippen LogP contribution in [0.3, 0.4) is 0 Å². The molecule has 0 amide bonds. The lowest BCUT2D eigenvalue weighted by Crippen LogP contribution is -2.47. The Balaban J connectivity index is 2.14. The molecule has 0 saturated heterocycles. The predicted octanol–water partition coefficient (Wildman–Crippen LogP) is 2.64. The Labute approximate surface area is 128 Å². The van der Waals surface area contributed by atoms with Gasteiger partial charge < -0.3 is 16.0 Å². The average molecular weight is 291 g/mol. The first kappa shape index (κ1) is 16.0. The zero-order valence-corrected chi connectivity index (χ0v) is 14.0. The van der Waals surface area contributed by atoms with Crippen LogP contribution in [0.5, 0.6) is 0 Å². The minimum absolute atomic E-state index is 0.0988. The van der Waals surface area contributed by atoms with Crippen LogP contribution >= 0.6 is 0 Å². The van der Waals surface area contributed by atoms with Crippen molar-refractivity contribution in [1.82, 2.24) is 14.9 Å². The molecule has 21 heavy (non-hydrogen) atoms. The molecule has 5 heteroatoms. The number of hydrogen-bond donors (Lipinski definition) is 2. The second-order valence-corrected chi connectivity index (χ2v) is 7.43. The summed E-state index contributed by atoms with van der Waals surface area (Å²) >= 11 is 0. The Morgan fingerprint density at radius 2 is 1.86 bits per heavy atom. The second-order valence-electron chi connectivity index (χ2n) is 7.43. The normalized spacial score (nSPS) is 18.2. The SMILES string of the molecule is CN(C)C1(CNc2cc(N)nc(C(C)(C)C)n2)CCCC1. The zero-order chi connectivity index (χ0) is 15.7. The third-order valence-electron chi connectivity index (χ3n) is 4.50. The van der Waals surface area contributed by atoms with Crippen molar-refractivity contribution in [2.24, 2.45) is 0 Å². The summed E-state index contributed by atoms with van der Waals surface area (Å²) in [4.78, 5) is 11.3. The maximum Gasteiger partial charge on any atom is 0.138 e. The maximum atomic E-state index is 5.93. The van der Waals surface area contributed by atoms with E-state index in [1.54, 1.807) is 0 Å². The number of anilines is 2. The van der Waals surface area contributed by atoms with E-state index in [4.69, 9.17) is 5.73 Å². The molecular formula is C16H29N5. The van der Waals surface area contributed by atoms with Crippen molar-refractivity contribution in [2.75, 3.05) is 31.7 Å². The van der Waals surface area contributed by atoms with Crippen LogP contribution in [0.2, 0.25) is 0 Å². The molecule has 1 aromatic heterocycles. The molecule has 1 aliphatic carbocycles. The molecule has 1 saturated carbocycles. The van der Waals surface area contributed by atoms with Gasteiger partial charge in [-0.25, -0.2) is 9.97 Å². The van der Waals surface area contributed by atoms with Gasteiger partial charge >= 0.3 is 0 Å². The van der Waals surface area contributed by atoms with Crippen molar-refractivity contribution in [3.63, 3.8) is 0 Å². The molecule has 0 aliphatic heterocycles.